The van der Waals surface area contributed by atoms with Crippen LogP contribution in [0, 0.1) is 0 Å². The standard InChI is InChI=1S/C8H9Cl2NO/c1-2-11-7-3-5(9)6(10)4-8(7)12/h3-4,11-12H,2H2,1H3. The Morgan fingerprint density at radius 2 is 1.92 bits per heavy atom. The van der Waals surface area contributed by atoms with Gasteiger partial charge in [-0.05, 0) is 13.0 Å². The molecule has 1 aromatic carbocycles. The van der Waals surface area contributed by atoms with E-state index in [0.29, 0.717) is 15.7 Å². The fourth-order valence-corrected chi connectivity index (χ4v) is 1.19. The van der Waals surface area contributed by atoms with Crippen LogP contribution in [0.4, 0.5) is 5.69 Å². The molecule has 0 aliphatic heterocycles. The van der Waals surface area contributed by atoms with Gasteiger partial charge >= 0.3 is 0 Å². The third-order valence-electron chi connectivity index (χ3n) is 1.41. The average Bonchev–Trinajstić information content (AvgIpc) is 2.01. The van der Waals surface area contributed by atoms with Gasteiger partial charge in [0.25, 0.3) is 0 Å². The number of anilines is 1. The van der Waals surface area contributed by atoms with Crippen molar-refractivity contribution in [3.8, 4) is 5.75 Å². The van der Waals surface area contributed by atoms with Crippen molar-refractivity contribution in [1.29, 1.82) is 0 Å². The summed E-state index contributed by atoms with van der Waals surface area (Å²) in [5.74, 6) is 0.117. The third kappa shape index (κ3) is 1.96. The smallest absolute Gasteiger partial charge is 0.140 e. The zero-order chi connectivity index (χ0) is 9.14. The highest BCUT2D eigenvalue weighted by Gasteiger charge is 2.04. The van der Waals surface area contributed by atoms with Gasteiger partial charge in [0.1, 0.15) is 5.75 Å². The van der Waals surface area contributed by atoms with Gasteiger partial charge in [-0.1, -0.05) is 23.2 Å². The van der Waals surface area contributed by atoms with E-state index in [-0.39, 0.29) is 5.75 Å². The first-order chi connectivity index (χ1) is 5.65. The number of nitrogens with one attached hydrogen (secondary N) is 1. The van der Waals surface area contributed by atoms with E-state index < -0.39 is 0 Å². The number of halogens is 2. The van der Waals surface area contributed by atoms with E-state index >= 15 is 0 Å². The molecule has 0 unspecified atom stereocenters. The molecule has 12 heavy (non-hydrogen) atoms. The molecule has 0 spiro atoms. The number of hydrogen-bond acceptors (Lipinski definition) is 2. The summed E-state index contributed by atoms with van der Waals surface area (Å²) >= 11 is 11.4. The van der Waals surface area contributed by atoms with Gasteiger partial charge < -0.3 is 10.4 Å². The summed E-state index contributed by atoms with van der Waals surface area (Å²) in [7, 11) is 0. The molecule has 2 N–H and O–H groups in total. The Kier molecular flexibility index (Phi) is 3.06. The summed E-state index contributed by atoms with van der Waals surface area (Å²) in [6.45, 7) is 2.66. The minimum Gasteiger partial charge on any atom is -0.506 e. The molecule has 4 heteroatoms. The molecule has 0 saturated carbocycles. The first-order valence-corrected chi connectivity index (χ1v) is 4.32. The van der Waals surface area contributed by atoms with E-state index in [9.17, 15) is 5.11 Å². The Bertz CT molecular complexity index is 289. The maximum Gasteiger partial charge on any atom is 0.140 e. The molecule has 0 atom stereocenters. The molecule has 0 aliphatic rings. The molecule has 1 rings (SSSR count). The predicted molar refractivity (Wildman–Crippen MR) is 52.3 cm³/mol. The van der Waals surface area contributed by atoms with Crippen LogP contribution >= 0.6 is 23.2 Å². The van der Waals surface area contributed by atoms with Gasteiger partial charge in [0.15, 0.2) is 0 Å². The summed E-state index contributed by atoms with van der Waals surface area (Å²) in [5.41, 5.74) is 0.604. The SMILES string of the molecule is CCNc1cc(Cl)c(Cl)cc1O. The van der Waals surface area contributed by atoms with E-state index in [0.717, 1.165) is 6.54 Å². The lowest BCUT2D eigenvalue weighted by atomic mass is 10.3. The topological polar surface area (TPSA) is 32.3 Å². The largest absolute Gasteiger partial charge is 0.506 e. The second-order valence-corrected chi connectivity index (χ2v) is 3.13. The van der Waals surface area contributed by atoms with Gasteiger partial charge in [0.2, 0.25) is 0 Å². The normalized spacial score (nSPS) is 9.92. The van der Waals surface area contributed by atoms with Crippen molar-refractivity contribution in [3.63, 3.8) is 0 Å². The van der Waals surface area contributed by atoms with E-state index in [1.165, 1.54) is 6.07 Å². The molecule has 0 aliphatic carbocycles. The van der Waals surface area contributed by atoms with E-state index in [2.05, 4.69) is 5.32 Å². The molecule has 0 radical (unpaired) electrons. The number of rotatable bonds is 2. The lowest BCUT2D eigenvalue weighted by molar-refractivity contribution is 0.477. The molecule has 0 bridgehead atoms. The molecule has 0 fully saturated rings. The maximum atomic E-state index is 9.34. The molecule has 0 aromatic heterocycles. The summed E-state index contributed by atoms with van der Waals surface area (Å²) in [5, 5.41) is 13.1. The second kappa shape index (κ2) is 3.87. The molecular weight excluding hydrogens is 197 g/mol. The highest BCUT2D eigenvalue weighted by molar-refractivity contribution is 6.42. The Balaban J connectivity index is 3.05. The summed E-state index contributed by atoms with van der Waals surface area (Å²) in [6, 6.07) is 3.02. The fraction of sp³-hybridized carbons (Fsp3) is 0.250. The Hall–Kier alpha value is -0.600. The maximum absolute atomic E-state index is 9.34. The number of hydrogen-bond donors (Lipinski definition) is 2. The first-order valence-electron chi connectivity index (χ1n) is 3.57. The zero-order valence-electron chi connectivity index (χ0n) is 6.56. The van der Waals surface area contributed by atoms with E-state index in [4.69, 9.17) is 23.2 Å². The Morgan fingerprint density at radius 1 is 1.33 bits per heavy atom. The second-order valence-electron chi connectivity index (χ2n) is 2.31. The highest BCUT2D eigenvalue weighted by Crippen LogP contribution is 2.32. The van der Waals surface area contributed by atoms with Crippen LogP contribution in [0.25, 0.3) is 0 Å². The molecule has 0 heterocycles. The number of benzene rings is 1. The predicted octanol–water partition coefficient (Wildman–Crippen LogP) is 3.13. The molecule has 1 aromatic rings. The number of phenols is 1. The third-order valence-corrected chi connectivity index (χ3v) is 2.13. The lowest BCUT2D eigenvalue weighted by Gasteiger charge is -2.06. The molecule has 0 saturated heterocycles. The van der Waals surface area contributed by atoms with Crippen molar-refractivity contribution in [3.05, 3.63) is 22.2 Å². The van der Waals surface area contributed by atoms with Crippen LogP contribution in [0.1, 0.15) is 6.92 Å². The average molecular weight is 206 g/mol. The van der Waals surface area contributed by atoms with Crippen LogP contribution in [-0.4, -0.2) is 11.7 Å². The minimum atomic E-state index is 0.117. The van der Waals surface area contributed by atoms with Crippen molar-refractivity contribution in [2.45, 2.75) is 6.92 Å². The van der Waals surface area contributed by atoms with E-state index in [1.807, 2.05) is 6.92 Å². The van der Waals surface area contributed by atoms with Gasteiger partial charge in [-0.25, -0.2) is 0 Å². The van der Waals surface area contributed by atoms with Crippen LogP contribution in [0.15, 0.2) is 12.1 Å². The van der Waals surface area contributed by atoms with Crippen molar-refractivity contribution >= 4 is 28.9 Å². The van der Waals surface area contributed by atoms with Gasteiger partial charge in [-0.3, -0.25) is 0 Å². The number of aromatic hydroxyl groups is 1. The highest BCUT2D eigenvalue weighted by atomic mass is 35.5. The van der Waals surface area contributed by atoms with Crippen molar-refractivity contribution in [2.75, 3.05) is 11.9 Å². The number of phenolic OH excluding ortho intramolecular Hbond substituents is 1. The van der Waals surface area contributed by atoms with Gasteiger partial charge in [-0.15, -0.1) is 0 Å². The summed E-state index contributed by atoms with van der Waals surface area (Å²) in [4.78, 5) is 0. The summed E-state index contributed by atoms with van der Waals surface area (Å²) < 4.78 is 0. The lowest BCUT2D eigenvalue weighted by Crippen LogP contribution is -1.96. The van der Waals surface area contributed by atoms with Gasteiger partial charge in [-0.2, -0.15) is 0 Å². The van der Waals surface area contributed by atoms with Crippen LogP contribution in [0.2, 0.25) is 10.0 Å². The van der Waals surface area contributed by atoms with Crippen molar-refractivity contribution < 1.29 is 5.11 Å². The van der Waals surface area contributed by atoms with Crippen LogP contribution in [0.3, 0.4) is 0 Å². The van der Waals surface area contributed by atoms with Crippen LogP contribution < -0.4 is 5.32 Å². The molecule has 0 amide bonds. The first kappa shape index (κ1) is 9.49. The van der Waals surface area contributed by atoms with Gasteiger partial charge in [0, 0.05) is 12.6 Å². The van der Waals surface area contributed by atoms with Crippen LogP contribution in [-0.2, 0) is 0 Å². The Morgan fingerprint density at radius 3 is 2.50 bits per heavy atom. The quantitative estimate of drug-likeness (QED) is 0.728. The minimum absolute atomic E-state index is 0.117. The van der Waals surface area contributed by atoms with E-state index in [1.54, 1.807) is 6.07 Å². The molecule has 66 valence electrons. The Labute approximate surface area is 81.1 Å². The molecule has 2 nitrogen and oxygen atoms in total. The summed E-state index contributed by atoms with van der Waals surface area (Å²) in [6.07, 6.45) is 0. The fourth-order valence-electron chi connectivity index (χ4n) is 0.868. The molecular formula is C8H9Cl2NO. The zero-order valence-corrected chi connectivity index (χ0v) is 8.08. The van der Waals surface area contributed by atoms with Gasteiger partial charge in [0.05, 0.1) is 15.7 Å². The van der Waals surface area contributed by atoms with Crippen molar-refractivity contribution in [2.24, 2.45) is 0 Å². The monoisotopic (exact) mass is 205 g/mol. The van der Waals surface area contributed by atoms with Crippen LogP contribution in [0.5, 0.6) is 5.75 Å². The van der Waals surface area contributed by atoms with Crippen molar-refractivity contribution in [1.82, 2.24) is 0 Å².